The fourth-order valence-electron chi connectivity index (χ4n) is 0.928. The Morgan fingerprint density at radius 1 is 0.714 bits per heavy atom. The number of rotatable bonds is 6. The summed E-state index contributed by atoms with van der Waals surface area (Å²) in [5, 5.41) is 0. The van der Waals surface area contributed by atoms with Crippen molar-refractivity contribution in [2.75, 3.05) is 0 Å². The van der Waals surface area contributed by atoms with E-state index in [1.54, 1.807) is 0 Å². The van der Waals surface area contributed by atoms with Crippen LogP contribution in [0.2, 0.25) is 0 Å². The number of halogens is 1. The molecule has 0 fully saturated rings. The van der Waals surface area contributed by atoms with E-state index in [9.17, 15) is 0 Å². The summed E-state index contributed by atoms with van der Waals surface area (Å²) in [6, 6.07) is 0. The zero-order valence-corrected chi connectivity index (χ0v) is 14.5. The van der Waals surface area contributed by atoms with E-state index < -0.39 is 17.4 Å². The van der Waals surface area contributed by atoms with Crippen LogP contribution in [0.5, 0.6) is 0 Å². The summed E-state index contributed by atoms with van der Waals surface area (Å²) in [5.41, 5.74) is 0. The Morgan fingerprint density at radius 2 is 0.929 bits per heavy atom. The first-order chi connectivity index (χ1) is 6.25. The average Bonchev–Trinajstić information content (AvgIpc) is 1.76. The summed E-state index contributed by atoms with van der Waals surface area (Å²) >= 11 is -0.975. The van der Waals surface area contributed by atoms with Crippen LogP contribution in [0.1, 0.15) is 41.5 Å². The van der Waals surface area contributed by atoms with Crippen LogP contribution in [0.4, 0.5) is 0 Å². The zero-order valence-electron chi connectivity index (χ0n) is 9.83. The van der Waals surface area contributed by atoms with Gasteiger partial charge >= 0.3 is 104 Å². The van der Waals surface area contributed by atoms with Gasteiger partial charge < -0.3 is 0 Å². The summed E-state index contributed by atoms with van der Waals surface area (Å²) in [5.74, 6) is 0. The Balaban J connectivity index is 4.32. The molecule has 0 unspecified atom stereocenters. The molecule has 0 atom stereocenters. The van der Waals surface area contributed by atoms with Crippen LogP contribution < -0.4 is 0 Å². The first-order valence-electron chi connectivity index (χ1n) is 4.97. The van der Waals surface area contributed by atoms with Gasteiger partial charge in [0.05, 0.1) is 0 Å². The van der Waals surface area contributed by atoms with Crippen molar-refractivity contribution in [2.24, 2.45) is 0 Å². The third-order valence-corrected chi connectivity index (χ3v) is 11.2. The molecule has 0 spiro atoms. The second-order valence-corrected chi connectivity index (χ2v) is 15.9. The molecule has 14 heavy (non-hydrogen) atoms. The van der Waals surface area contributed by atoms with Crippen molar-refractivity contribution in [3.05, 3.63) is 0 Å². The fourth-order valence-corrected chi connectivity index (χ4v) is 14.5. The molecule has 0 aliphatic carbocycles. The van der Waals surface area contributed by atoms with Gasteiger partial charge in [0.1, 0.15) is 0 Å². The summed E-state index contributed by atoms with van der Waals surface area (Å²) in [6.45, 7) is 12.1. The van der Waals surface area contributed by atoms with Gasteiger partial charge in [0, 0.05) is 0 Å². The Morgan fingerprint density at radius 3 is 1.07 bits per heavy atom. The maximum absolute atomic E-state index is 5.81. The molecule has 0 aromatic rings. The molecule has 0 radical (unpaired) electrons. The molecule has 0 aliphatic heterocycles. The van der Waals surface area contributed by atoms with E-state index in [4.69, 9.17) is 8.44 Å². The molecule has 0 heterocycles. The van der Waals surface area contributed by atoms with Gasteiger partial charge in [-0.25, -0.2) is 0 Å². The van der Waals surface area contributed by atoms with E-state index >= 15 is 0 Å². The van der Waals surface area contributed by atoms with Gasteiger partial charge in [0.2, 0.25) is 0 Å². The van der Waals surface area contributed by atoms with Crippen LogP contribution in [0.3, 0.4) is 0 Å². The second-order valence-electron chi connectivity index (χ2n) is 3.98. The summed E-state index contributed by atoms with van der Waals surface area (Å²) in [6.07, 6.45) is 0.501. The third-order valence-electron chi connectivity index (χ3n) is 1.13. The molecule has 0 saturated carbocycles. The molecule has 0 aromatic carbocycles. The van der Waals surface area contributed by atoms with Crippen molar-refractivity contribution in [2.45, 2.75) is 59.9 Å². The first kappa shape index (κ1) is 15.5. The Kier molecular flexibility index (Phi) is 7.68. The minimum atomic E-state index is -3.24. The Hall–Kier alpha value is 1.49. The van der Waals surface area contributed by atoms with Crippen LogP contribution >= 0.6 is 18.0 Å². The van der Waals surface area contributed by atoms with E-state index in [1.165, 1.54) is 0 Å². The van der Waals surface area contributed by atoms with E-state index in [0.29, 0.717) is 0 Å². The van der Waals surface area contributed by atoms with Gasteiger partial charge in [0.25, 0.3) is 0 Å². The van der Waals surface area contributed by atoms with Crippen molar-refractivity contribution < 1.29 is 25.8 Å². The predicted octanol–water partition coefficient (Wildman–Crippen LogP) is 3.51. The molecule has 86 valence electrons. The van der Waals surface area contributed by atoms with Gasteiger partial charge in [-0.15, -0.1) is 0 Å². The molecule has 0 saturated heterocycles. The number of hydrogen-bond acceptors (Lipinski definition) is 3. The normalized spacial score (nSPS) is 13.3. The van der Waals surface area contributed by atoms with Gasteiger partial charge in [-0.05, 0) is 0 Å². The monoisotopic (exact) mass is 394 g/mol. The van der Waals surface area contributed by atoms with E-state index in [2.05, 4.69) is 18.0 Å². The van der Waals surface area contributed by atoms with Gasteiger partial charge in [0.15, 0.2) is 0 Å². The van der Waals surface area contributed by atoms with Crippen molar-refractivity contribution >= 4 is 18.0 Å². The van der Waals surface area contributed by atoms with Crippen LogP contribution in [0.15, 0.2) is 0 Å². The van der Waals surface area contributed by atoms with Gasteiger partial charge in [-0.1, -0.05) is 0 Å². The molecule has 0 amide bonds. The molecule has 0 aromatic heterocycles. The van der Waals surface area contributed by atoms with E-state index in [-0.39, 0.29) is 18.3 Å². The van der Waals surface area contributed by atoms with Gasteiger partial charge in [-0.2, -0.15) is 0 Å². The summed E-state index contributed by atoms with van der Waals surface area (Å²) < 4.78 is 17.4. The topological polar surface area (TPSA) is 27.7 Å². The second kappa shape index (κ2) is 6.94. The molecule has 0 aliphatic rings. The average molecular weight is 395 g/mol. The number of hydrogen-bond donors (Lipinski definition) is 0. The minimum absolute atomic E-state index is 0.167. The Labute approximate surface area is 103 Å². The van der Waals surface area contributed by atoms with Crippen molar-refractivity contribution in [3.8, 4) is 0 Å². The third kappa shape index (κ3) is 7.74. The molecule has 0 bridgehead atoms. The fraction of sp³-hybridized carbons (Fsp3) is 1.00. The van der Waals surface area contributed by atoms with Crippen molar-refractivity contribution in [3.63, 3.8) is 0 Å². The predicted molar refractivity (Wildman–Crippen MR) is 62.7 cm³/mol. The first-order valence-corrected chi connectivity index (χ1v) is 15.3. The van der Waals surface area contributed by atoms with Crippen molar-refractivity contribution in [1.82, 2.24) is 0 Å². The Bertz CT molecular complexity index is 136. The molecular formula is C9H21IO3Zr. The van der Waals surface area contributed by atoms with Crippen LogP contribution in [-0.4, -0.2) is 18.3 Å². The van der Waals surface area contributed by atoms with E-state index in [1.807, 2.05) is 41.5 Å². The quantitative estimate of drug-likeness (QED) is 0.645. The maximum atomic E-state index is 5.81. The molecule has 0 N–H and O–H groups in total. The van der Waals surface area contributed by atoms with Crippen LogP contribution in [0.25, 0.3) is 0 Å². The summed E-state index contributed by atoms with van der Waals surface area (Å²) in [7, 11) is 0. The molecular weight excluding hydrogens is 374 g/mol. The molecule has 0 rings (SSSR count). The summed E-state index contributed by atoms with van der Waals surface area (Å²) in [4.78, 5) is 0. The SMILES string of the molecule is CC(C)[O][Zr]([I])([O]C(C)C)[O]C(C)C. The molecule has 5 heteroatoms. The van der Waals surface area contributed by atoms with E-state index in [0.717, 1.165) is 0 Å². The van der Waals surface area contributed by atoms with Crippen LogP contribution in [-0.2, 0) is 25.8 Å². The van der Waals surface area contributed by atoms with Crippen molar-refractivity contribution in [1.29, 1.82) is 0 Å². The molecule has 3 nitrogen and oxygen atoms in total. The van der Waals surface area contributed by atoms with Gasteiger partial charge in [-0.3, -0.25) is 0 Å². The standard InChI is InChI=1S/3C3H7O.HI.Zr/c3*1-3(2)4;;/h3*3H,1-2H3;1H;/q3*-1;;+4/p-1. The van der Waals surface area contributed by atoms with Crippen LogP contribution in [0, 0.1) is 0 Å². The zero-order chi connectivity index (χ0) is 11.4.